The van der Waals surface area contributed by atoms with Gasteiger partial charge in [0.15, 0.2) is 5.82 Å². The standard InChI is InChI=1S/C9H6F2N2O3S/c10-6-1-2-8(7(11)5-6)17(14,15)13-9-3-4-16-12-9/h1-5H,(H,12,13). The second-order valence-electron chi connectivity index (χ2n) is 3.06. The van der Waals surface area contributed by atoms with E-state index in [9.17, 15) is 17.2 Å². The maximum Gasteiger partial charge on any atom is 0.266 e. The van der Waals surface area contributed by atoms with E-state index in [1.165, 1.54) is 6.07 Å². The SMILES string of the molecule is O=S(=O)(Nc1ccon1)c1ccc(F)cc1F. The van der Waals surface area contributed by atoms with Gasteiger partial charge in [-0.1, -0.05) is 5.16 Å². The summed E-state index contributed by atoms with van der Waals surface area (Å²) in [7, 11) is -4.14. The number of halogens is 2. The van der Waals surface area contributed by atoms with E-state index < -0.39 is 26.6 Å². The lowest BCUT2D eigenvalue weighted by atomic mass is 10.3. The van der Waals surface area contributed by atoms with Crippen LogP contribution in [0.1, 0.15) is 0 Å². The number of benzene rings is 1. The Balaban J connectivity index is 2.38. The summed E-state index contributed by atoms with van der Waals surface area (Å²) >= 11 is 0. The van der Waals surface area contributed by atoms with E-state index in [0.717, 1.165) is 18.4 Å². The Morgan fingerprint density at radius 2 is 2.00 bits per heavy atom. The van der Waals surface area contributed by atoms with Gasteiger partial charge in [0.1, 0.15) is 22.8 Å². The first kappa shape index (κ1) is 11.5. The molecule has 1 N–H and O–H groups in total. The number of nitrogens with zero attached hydrogens (tertiary/aromatic N) is 1. The van der Waals surface area contributed by atoms with Crippen LogP contribution in [0.2, 0.25) is 0 Å². The van der Waals surface area contributed by atoms with Gasteiger partial charge in [0.2, 0.25) is 0 Å². The number of nitrogens with one attached hydrogen (secondary N) is 1. The van der Waals surface area contributed by atoms with Crippen LogP contribution in [-0.2, 0) is 10.0 Å². The third-order valence-corrected chi connectivity index (χ3v) is 3.25. The molecule has 1 aromatic carbocycles. The maximum atomic E-state index is 13.3. The van der Waals surface area contributed by atoms with Gasteiger partial charge in [0, 0.05) is 12.1 Å². The monoisotopic (exact) mass is 260 g/mol. The van der Waals surface area contributed by atoms with Crippen LogP contribution < -0.4 is 4.72 Å². The molecule has 0 atom stereocenters. The fourth-order valence-corrected chi connectivity index (χ4v) is 2.20. The topological polar surface area (TPSA) is 72.2 Å². The molecule has 0 bridgehead atoms. The first-order chi connectivity index (χ1) is 7.99. The molecule has 90 valence electrons. The number of anilines is 1. The molecule has 0 unspecified atom stereocenters. The third kappa shape index (κ3) is 2.41. The Kier molecular flexibility index (Phi) is 2.80. The van der Waals surface area contributed by atoms with Crippen molar-refractivity contribution in [1.82, 2.24) is 5.16 Å². The van der Waals surface area contributed by atoms with Crippen molar-refractivity contribution in [2.75, 3.05) is 4.72 Å². The van der Waals surface area contributed by atoms with E-state index >= 15 is 0 Å². The lowest BCUT2D eigenvalue weighted by Crippen LogP contribution is -2.14. The van der Waals surface area contributed by atoms with Crippen LogP contribution in [0.3, 0.4) is 0 Å². The molecule has 0 spiro atoms. The van der Waals surface area contributed by atoms with E-state index in [4.69, 9.17) is 0 Å². The Morgan fingerprint density at radius 1 is 1.24 bits per heavy atom. The van der Waals surface area contributed by atoms with Crippen molar-refractivity contribution >= 4 is 15.8 Å². The van der Waals surface area contributed by atoms with Crippen molar-refractivity contribution in [3.63, 3.8) is 0 Å². The van der Waals surface area contributed by atoms with E-state index in [1.807, 2.05) is 4.72 Å². The molecular weight excluding hydrogens is 254 g/mol. The average Bonchev–Trinajstić information content (AvgIpc) is 2.68. The molecule has 2 rings (SSSR count). The maximum absolute atomic E-state index is 13.3. The zero-order valence-corrected chi connectivity index (χ0v) is 9.04. The molecule has 1 heterocycles. The number of sulfonamides is 1. The molecule has 8 heteroatoms. The van der Waals surface area contributed by atoms with E-state index in [-0.39, 0.29) is 5.82 Å². The average molecular weight is 260 g/mol. The van der Waals surface area contributed by atoms with Crippen LogP contribution in [-0.4, -0.2) is 13.6 Å². The lowest BCUT2D eigenvalue weighted by Gasteiger charge is -2.05. The Hall–Kier alpha value is -1.96. The van der Waals surface area contributed by atoms with Gasteiger partial charge in [0.05, 0.1) is 0 Å². The summed E-state index contributed by atoms with van der Waals surface area (Å²) in [6.07, 6.45) is 1.15. The summed E-state index contributed by atoms with van der Waals surface area (Å²) in [5.41, 5.74) is 0. The third-order valence-electron chi connectivity index (χ3n) is 1.86. The molecule has 5 nitrogen and oxygen atoms in total. The molecular formula is C9H6F2N2O3S. The van der Waals surface area contributed by atoms with Crippen molar-refractivity contribution in [1.29, 1.82) is 0 Å². The summed E-state index contributed by atoms with van der Waals surface area (Å²) in [6, 6.07) is 3.41. The number of hydrogen-bond donors (Lipinski definition) is 1. The van der Waals surface area contributed by atoms with Crippen LogP contribution in [0.25, 0.3) is 0 Å². The molecule has 0 amide bonds. The van der Waals surface area contributed by atoms with Gasteiger partial charge >= 0.3 is 0 Å². The molecule has 0 fully saturated rings. The Morgan fingerprint density at radius 3 is 2.59 bits per heavy atom. The quantitative estimate of drug-likeness (QED) is 0.912. The highest BCUT2D eigenvalue weighted by Gasteiger charge is 2.20. The van der Waals surface area contributed by atoms with Crippen molar-refractivity contribution < 1.29 is 21.7 Å². The Bertz CT molecular complexity index is 626. The van der Waals surface area contributed by atoms with Crippen molar-refractivity contribution in [2.45, 2.75) is 4.90 Å². The minimum atomic E-state index is -4.14. The predicted octanol–water partition coefficient (Wildman–Crippen LogP) is 1.75. The van der Waals surface area contributed by atoms with E-state index in [1.54, 1.807) is 0 Å². The summed E-state index contributed by atoms with van der Waals surface area (Å²) in [5, 5.41) is 3.31. The summed E-state index contributed by atoms with van der Waals surface area (Å²) in [4.78, 5) is -0.665. The molecule has 0 aliphatic rings. The van der Waals surface area contributed by atoms with Crippen LogP contribution in [0, 0.1) is 11.6 Å². The summed E-state index contributed by atoms with van der Waals surface area (Å²) in [5.74, 6) is -2.13. The van der Waals surface area contributed by atoms with Gasteiger partial charge in [-0.25, -0.2) is 17.2 Å². The van der Waals surface area contributed by atoms with Crippen molar-refractivity contribution in [3.05, 3.63) is 42.2 Å². The molecule has 1 aromatic heterocycles. The molecule has 0 saturated heterocycles. The number of hydrogen-bond acceptors (Lipinski definition) is 4. The van der Waals surface area contributed by atoms with Crippen LogP contribution in [0.4, 0.5) is 14.6 Å². The smallest absolute Gasteiger partial charge is 0.266 e. The number of rotatable bonds is 3. The highest BCUT2D eigenvalue weighted by Crippen LogP contribution is 2.18. The fraction of sp³-hybridized carbons (Fsp3) is 0. The van der Waals surface area contributed by atoms with Crippen LogP contribution >= 0.6 is 0 Å². The minimum Gasteiger partial charge on any atom is -0.363 e. The molecule has 2 aromatic rings. The van der Waals surface area contributed by atoms with Crippen LogP contribution in [0.15, 0.2) is 39.9 Å². The van der Waals surface area contributed by atoms with E-state index in [0.29, 0.717) is 6.07 Å². The van der Waals surface area contributed by atoms with Crippen molar-refractivity contribution in [2.24, 2.45) is 0 Å². The van der Waals surface area contributed by atoms with Crippen molar-refractivity contribution in [3.8, 4) is 0 Å². The van der Waals surface area contributed by atoms with E-state index in [2.05, 4.69) is 9.68 Å². The highest BCUT2D eigenvalue weighted by atomic mass is 32.2. The molecule has 0 radical (unpaired) electrons. The van der Waals surface area contributed by atoms with Crippen LogP contribution in [0.5, 0.6) is 0 Å². The zero-order chi connectivity index (χ0) is 12.5. The van der Waals surface area contributed by atoms with Gasteiger partial charge in [-0.15, -0.1) is 0 Å². The predicted molar refractivity (Wildman–Crippen MR) is 53.7 cm³/mol. The van der Waals surface area contributed by atoms with Gasteiger partial charge < -0.3 is 4.52 Å². The summed E-state index contributed by atoms with van der Waals surface area (Å²) < 4.78 is 55.6. The molecule has 0 aliphatic heterocycles. The largest absolute Gasteiger partial charge is 0.363 e. The first-order valence-corrected chi connectivity index (χ1v) is 5.85. The molecule has 0 aliphatic carbocycles. The number of aromatic nitrogens is 1. The zero-order valence-electron chi connectivity index (χ0n) is 8.22. The summed E-state index contributed by atoms with van der Waals surface area (Å²) in [6.45, 7) is 0. The fourth-order valence-electron chi connectivity index (χ4n) is 1.15. The lowest BCUT2D eigenvalue weighted by molar-refractivity contribution is 0.423. The highest BCUT2D eigenvalue weighted by molar-refractivity contribution is 7.92. The Labute approximate surface area is 95.1 Å². The first-order valence-electron chi connectivity index (χ1n) is 4.37. The normalized spacial score (nSPS) is 11.4. The molecule has 0 saturated carbocycles. The second kappa shape index (κ2) is 4.13. The van der Waals surface area contributed by atoms with Gasteiger partial charge in [0.25, 0.3) is 10.0 Å². The second-order valence-corrected chi connectivity index (χ2v) is 4.72. The van der Waals surface area contributed by atoms with Gasteiger partial charge in [-0.2, -0.15) is 0 Å². The minimum absolute atomic E-state index is 0.0891. The van der Waals surface area contributed by atoms with Gasteiger partial charge in [-0.05, 0) is 12.1 Å². The van der Waals surface area contributed by atoms with Gasteiger partial charge in [-0.3, -0.25) is 4.72 Å². The molecule has 17 heavy (non-hydrogen) atoms.